The highest BCUT2D eigenvalue weighted by Crippen LogP contribution is 2.11. The number of hydrogen-bond acceptors (Lipinski definition) is 6. The second-order valence-electron chi connectivity index (χ2n) is 7.44. The van der Waals surface area contributed by atoms with Crippen molar-refractivity contribution in [3.05, 3.63) is 33.7 Å². The third-order valence-electron chi connectivity index (χ3n) is 4.84. The quantitative estimate of drug-likeness (QED) is 0.719. The topological polar surface area (TPSA) is 67.2 Å². The summed E-state index contributed by atoms with van der Waals surface area (Å²) < 4.78 is 7.25. The van der Waals surface area contributed by atoms with Gasteiger partial charge in [-0.25, -0.2) is 4.98 Å². The molecule has 0 spiro atoms. The smallest absolute Gasteiger partial charge is 0.258 e. The number of carbonyl (C=O) groups is 1. The summed E-state index contributed by atoms with van der Waals surface area (Å²) in [7, 11) is 0. The zero-order valence-electron chi connectivity index (χ0n) is 16.3. The second-order valence-corrected chi connectivity index (χ2v) is 8.31. The minimum atomic E-state index is -0.391. The van der Waals surface area contributed by atoms with E-state index in [1.165, 1.54) is 11.3 Å². The van der Waals surface area contributed by atoms with Crippen molar-refractivity contribution in [1.29, 1.82) is 0 Å². The Hall–Kier alpha value is -1.77. The van der Waals surface area contributed by atoms with Crippen molar-refractivity contribution in [2.45, 2.75) is 39.8 Å². The van der Waals surface area contributed by atoms with Crippen molar-refractivity contribution in [3.63, 3.8) is 0 Å². The summed E-state index contributed by atoms with van der Waals surface area (Å²) in [5, 5.41) is 1.86. The summed E-state index contributed by atoms with van der Waals surface area (Å²) in [5.41, 5.74) is 0.741. The summed E-state index contributed by atoms with van der Waals surface area (Å²) in [6.45, 7) is 10.3. The van der Waals surface area contributed by atoms with Gasteiger partial charge in [-0.15, -0.1) is 11.3 Å². The van der Waals surface area contributed by atoms with Gasteiger partial charge in [0.05, 0.1) is 5.69 Å². The zero-order valence-corrected chi connectivity index (χ0v) is 17.1. The number of amides is 1. The normalized spacial score (nSPS) is 17.0. The Balaban J connectivity index is 1.49. The summed E-state index contributed by atoms with van der Waals surface area (Å²) in [4.78, 5) is 34.0. The first-order valence-electron chi connectivity index (χ1n) is 9.52. The van der Waals surface area contributed by atoms with Gasteiger partial charge in [-0.1, -0.05) is 13.8 Å². The third-order valence-corrected chi connectivity index (χ3v) is 5.59. The molecule has 148 valence electrons. The molecule has 1 aliphatic heterocycles. The number of fused-ring (bicyclic) bond motifs is 1. The number of aromatic nitrogens is 2. The first-order chi connectivity index (χ1) is 12.9. The molecule has 27 heavy (non-hydrogen) atoms. The fourth-order valence-electron chi connectivity index (χ4n) is 3.13. The van der Waals surface area contributed by atoms with Gasteiger partial charge in [-0.2, -0.15) is 0 Å². The lowest BCUT2D eigenvalue weighted by Crippen LogP contribution is -2.51. The van der Waals surface area contributed by atoms with Gasteiger partial charge in [0.2, 0.25) is 0 Å². The zero-order chi connectivity index (χ0) is 19.4. The number of hydrogen-bond donors (Lipinski definition) is 0. The van der Waals surface area contributed by atoms with Gasteiger partial charge in [0, 0.05) is 57.0 Å². The van der Waals surface area contributed by atoms with Crippen LogP contribution >= 0.6 is 11.3 Å². The van der Waals surface area contributed by atoms with E-state index in [-0.39, 0.29) is 11.5 Å². The second kappa shape index (κ2) is 8.95. The van der Waals surface area contributed by atoms with Crippen LogP contribution in [0.25, 0.3) is 4.96 Å². The Morgan fingerprint density at radius 3 is 2.70 bits per heavy atom. The van der Waals surface area contributed by atoms with Crippen molar-refractivity contribution in [1.82, 2.24) is 19.2 Å². The minimum Gasteiger partial charge on any atom is -0.369 e. The van der Waals surface area contributed by atoms with Gasteiger partial charge in [0.1, 0.15) is 6.10 Å². The van der Waals surface area contributed by atoms with E-state index in [1.807, 2.05) is 17.2 Å². The average Bonchev–Trinajstić information content (AvgIpc) is 3.10. The summed E-state index contributed by atoms with van der Waals surface area (Å²) in [5.74, 6) is 0.640. The van der Waals surface area contributed by atoms with Crippen molar-refractivity contribution in [2.75, 3.05) is 32.8 Å². The predicted molar refractivity (Wildman–Crippen MR) is 106 cm³/mol. The molecule has 1 aliphatic rings. The maximum absolute atomic E-state index is 12.5. The van der Waals surface area contributed by atoms with E-state index in [0.29, 0.717) is 32.2 Å². The largest absolute Gasteiger partial charge is 0.369 e. The fraction of sp³-hybridized carbons (Fsp3) is 0.632. The molecule has 3 rings (SSSR count). The lowest BCUT2D eigenvalue weighted by atomic mass is 10.1. The first kappa shape index (κ1) is 20.0. The third kappa shape index (κ3) is 5.15. The highest BCUT2D eigenvalue weighted by atomic mass is 32.1. The first-order valence-corrected chi connectivity index (χ1v) is 10.4. The molecule has 0 saturated carbocycles. The molecule has 8 heteroatoms. The maximum atomic E-state index is 12.5. The predicted octanol–water partition coefficient (Wildman–Crippen LogP) is 1.85. The van der Waals surface area contributed by atoms with Gasteiger partial charge in [-0.3, -0.25) is 18.9 Å². The van der Waals surface area contributed by atoms with E-state index >= 15 is 0 Å². The Labute approximate surface area is 163 Å². The molecule has 1 saturated heterocycles. The van der Waals surface area contributed by atoms with E-state index in [4.69, 9.17) is 4.74 Å². The summed E-state index contributed by atoms with van der Waals surface area (Å²) >= 11 is 1.46. The monoisotopic (exact) mass is 392 g/mol. The molecule has 1 amide bonds. The van der Waals surface area contributed by atoms with E-state index < -0.39 is 6.10 Å². The molecule has 0 aromatic carbocycles. The number of piperazine rings is 1. The SMILES string of the molecule is CC(C)CCOC(C)C(=O)N1CCN(Cc2cc(=O)n3ccsc3n2)CC1. The van der Waals surface area contributed by atoms with Crippen LogP contribution in [0.1, 0.15) is 32.9 Å². The molecule has 0 N–H and O–H groups in total. The van der Waals surface area contributed by atoms with Crippen molar-refractivity contribution < 1.29 is 9.53 Å². The molecule has 7 nitrogen and oxygen atoms in total. The highest BCUT2D eigenvalue weighted by molar-refractivity contribution is 7.15. The van der Waals surface area contributed by atoms with E-state index in [9.17, 15) is 9.59 Å². The van der Waals surface area contributed by atoms with E-state index in [2.05, 4.69) is 23.7 Å². The molecule has 0 radical (unpaired) electrons. The van der Waals surface area contributed by atoms with Crippen LogP contribution in [0.15, 0.2) is 22.4 Å². The molecule has 0 bridgehead atoms. The van der Waals surface area contributed by atoms with Gasteiger partial charge < -0.3 is 9.64 Å². The minimum absolute atomic E-state index is 0.0440. The molecule has 1 unspecified atom stereocenters. The molecule has 3 heterocycles. The molecular formula is C19H28N4O3S. The van der Waals surface area contributed by atoms with E-state index in [1.54, 1.807) is 16.7 Å². The Morgan fingerprint density at radius 1 is 1.26 bits per heavy atom. The average molecular weight is 393 g/mol. The van der Waals surface area contributed by atoms with Crippen molar-refractivity contribution in [2.24, 2.45) is 5.92 Å². The Kier molecular flexibility index (Phi) is 6.62. The van der Waals surface area contributed by atoms with E-state index in [0.717, 1.165) is 30.2 Å². The van der Waals surface area contributed by atoms with Crippen LogP contribution in [0.3, 0.4) is 0 Å². The van der Waals surface area contributed by atoms with Crippen LogP contribution in [0.5, 0.6) is 0 Å². The van der Waals surface area contributed by atoms with Crippen LogP contribution in [0.4, 0.5) is 0 Å². The van der Waals surface area contributed by atoms with Gasteiger partial charge in [0.25, 0.3) is 11.5 Å². The molecule has 2 aromatic rings. The van der Waals surface area contributed by atoms with Gasteiger partial charge >= 0.3 is 0 Å². The summed E-state index contributed by atoms with van der Waals surface area (Å²) in [6, 6.07) is 1.60. The maximum Gasteiger partial charge on any atom is 0.258 e. The standard InChI is InChI=1S/C19H28N4O3S/c1-14(2)4-10-26-15(3)18(25)22-7-5-21(6-8-22)13-16-12-17(24)23-9-11-27-19(23)20-16/h9,11-12,14-15H,4-8,10,13H2,1-3H3. The Bertz CT molecular complexity index is 824. The highest BCUT2D eigenvalue weighted by Gasteiger charge is 2.25. The molecule has 0 aliphatic carbocycles. The molecular weight excluding hydrogens is 364 g/mol. The van der Waals surface area contributed by atoms with Crippen LogP contribution in [-0.2, 0) is 16.1 Å². The van der Waals surface area contributed by atoms with Gasteiger partial charge in [0.15, 0.2) is 4.96 Å². The molecule has 1 atom stereocenters. The van der Waals surface area contributed by atoms with Gasteiger partial charge in [-0.05, 0) is 19.3 Å². The van der Waals surface area contributed by atoms with Crippen molar-refractivity contribution >= 4 is 22.2 Å². The van der Waals surface area contributed by atoms with Crippen LogP contribution < -0.4 is 5.56 Å². The number of rotatable bonds is 7. The number of nitrogens with zero attached hydrogens (tertiary/aromatic N) is 4. The lowest BCUT2D eigenvalue weighted by Gasteiger charge is -2.35. The summed E-state index contributed by atoms with van der Waals surface area (Å²) in [6.07, 6.45) is 2.32. The number of ether oxygens (including phenoxy) is 1. The number of carbonyl (C=O) groups excluding carboxylic acids is 1. The van der Waals surface area contributed by atoms with Crippen LogP contribution in [0, 0.1) is 5.92 Å². The van der Waals surface area contributed by atoms with Crippen LogP contribution in [0.2, 0.25) is 0 Å². The van der Waals surface area contributed by atoms with Crippen molar-refractivity contribution in [3.8, 4) is 0 Å². The Morgan fingerprint density at radius 2 is 2.00 bits per heavy atom. The number of thiazole rings is 1. The fourth-order valence-corrected chi connectivity index (χ4v) is 3.87. The van der Waals surface area contributed by atoms with Crippen LogP contribution in [-0.4, -0.2) is 64.0 Å². The molecule has 2 aromatic heterocycles. The lowest BCUT2D eigenvalue weighted by molar-refractivity contribution is -0.144. The molecule has 1 fully saturated rings.